The van der Waals surface area contributed by atoms with Crippen LogP contribution in [0.1, 0.15) is 96.8 Å². The van der Waals surface area contributed by atoms with Gasteiger partial charge in [0.25, 0.3) is 0 Å². The van der Waals surface area contributed by atoms with Gasteiger partial charge in [-0.15, -0.1) is 0 Å². The predicted molar refractivity (Wildman–Crippen MR) is 167 cm³/mol. The molecule has 0 saturated carbocycles. The summed E-state index contributed by atoms with van der Waals surface area (Å²) in [5.74, 6) is 0.801. The first-order chi connectivity index (χ1) is 19.9. The van der Waals surface area contributed by atoms with Gasteiger partial charge in [0.2, 0.25) is 0 Å². The minimum Gasteiger partial charge on any atom is -0.489 e. The van der Waals surface area contributed by atoms with E-state index in [4.69, 9.17) is 14.2 Å². The van der Waals surface area contributed by atoms with Gasteiger partial charge in [-0.1, -0.05) is 109 Å². The molecule has 1 aliphatic rings. The maximum Gasteiger partial charge on any atom is 0.145 e. The summed E-state index contributed by atoms with van der Waals surface area (Å²) < 4.78 is 17.3. The van der Waals surface area contributed by atoms with Crippen molar-refractivity contribution in [3.05, 3.63) is 48.9 Å². The van der Waals surface area contributed by atoms with Crippen LogP contribution in [0.5, 0.6) is 5.75 Å². The smallest absolute Gasteiger partial charge is 0.145 e. The largest absolute Gasteiger partial charge is 0.489 e. The SMILES string of the molecule is CCCCCCCCCCCCCCCCN1C=CN(CCOCCOCCOc2cccc3cccnc23)C1. The summed E-state index contributed by atoms with van der Waals surface area (Å²) in [4.78, 5) is 9.17. The van der Waals surface area contributed by atoms with Crippen molar-refractivity contribution in [1.29, 1.82) is 0 Å². The molecule has 0 bridgehead atoms. The Bertz CT molecular complexity index is 917. The zero-order valence-electron chi connectivity index (χ0n) is 25.2. The van der Waals surface area contributed by atoms with E-state index in [0.717, 1.165) is 43.0 Å². The molecule has 6 heteroatoms. The van der Waals surface area contributed by atoms with E-state index in [1.54, 1.807) is 6.20 Å². The van der Waals surface area contributed by atoms with Crippen LogP contribution in [-0.2, 0) is 9.47 Å². The molecule has 0 radical (unpaired) electrons. The number of hydrogen-bond donors (Lipinski definition) is 0. The maximum atomic E-state index is 5.86. The molecular weight excluding hydrogens is 498 g/mol. The lowest BCUT2D eigenvalue weighted by Crippen LogP contribution is -2.28. The average molecular weight is 554 g/mol. The maximum absolute atomic E-state index is 5.86. The van der Waals surface area contributed by atoms with Crippen molar-refractivity contribution in [2.24, 2.45) is 0 Å². The first-order valence-electron chi connectivity index (χ1n) is 16.2. The summed E-state index contributed by atoms with van der Waals surface area (Å²) in [5.41, 5.74) is 0.891. The van der Waals surface area contributed by atoms with E-state index in [-0.39, 0.29) is 0 Å². The van der Waals surface area contributed by atoms with E-state index in [9.17, 15) is 0 Å². The number of rotatable bonds is 25. The molecule has 1 aliphatic heterocycles. The molecule has 0 unspecified atom stereocenters. The number of aromatic nitrogens is 1. The molecule has 0 amide bonds. The third-order valence-corrected chi connectivity index (χ3v) is 7.63. The molecule has 0 spiro atoms. The first-order valence-corrected chi connectivity index (χ1v) is 16.2. The fourth-order valence-electron chi connectivity index (χ4n) is 5.22. The Morgan fingerprint density at radius 2 is 1.20 bits per heavy atom. The summed E-state index contributed by atoms with van der Waals surface area (Å²) in [5, 5.41) is 1.08. The summed E-state index contributed by atoms with van der Waals surface area (Å²) >= 11 is 0. The standard InChI is InChI=1S/C34H55N3O3/c1-2-3-4-5-6-7-8-9-10-11-12-13-14-15-22-36-23-24-37(31-36)25-26-38-27-28-39-29-30-40-33-20-16-18-32-19-17-21-35-34(32)33/h16-21,23-24H,2-15,22,25-31H2,1H3. The Morgan fingerprint density at radius 1 is 0.625 bits per heavy atom. The van der Waals surface area contributed by atoms with Gasteiger partial charge in [-0.3, -0.25) is 4.98 Å². The molecule has 0 N–H and O–H groups in total. The van der Waals surface area contributed by atoms with Crippen LogP contribution in [0.25, 0.3) is 10.9 Å². The molecule has 0 aliphatic carbocycles. The Kier molecular flexibility index (Phi) is 17.3. The average Bonchev–Trinajstić information content (AvgIpc) is 3.44. The van der Waals surface area contributed by atoms with E-state index in [0.29, 0.717) is 26.4 Å². The van der Waals surface area contributed by atoms with Gasteiger partial charge in [0.1, 0.15) is 17.9 Å². The summed E-state index contributed by atoms with van der Waals surface area (Å²) in [6, 6.07) is 9.96. The number of pyridine rings is 1. The van der Waals surface area contributed by atoms with Crippen LogP contribution in [0.4, 0.5) is 0 Å². The highest BCUT2D eigenvalue weighted by Gasteiger charge is 2.11. The van der Waals surface area contributed by atoms with Gasteiger partial charge in [-0.25, -0.2) is 0 Å². The lowest BCUT2D eigenvalue weighted by atomic mass is 10.0. The van der Waals surface area contributed by atoms with Crippen LogP contribution >= 0.6 is 0 Å². The molecule has 2 aromatic rings. The van der Waals surface area contributed by atoms with Crippen molar-refractivity contribution in [2.75, 3.05) is 52.8 Å². The lowest BCUT2D eigenvalue weighted by molar-refractivity contribution is 0.0314. The molecule has 0 saturated heterocycles. The minimum absolute atomic E-state index is 0.503. The van der Waals surface area contributed by atoms with Crippen LogP contribution in [0.2, 0.25) is 0 Å². The molecule has 6 nitrogen and oxygen atoms in total. The van der Waals surface area contributed by atoms with Gasteiger partial charge in [0.15, 0.2) is 0 Å². The van der Waals surface area contributed by atoms with Crippen molar-refractivity contribution < 1.29 is 14.2 Å². The molecule has 0 atom stereocenters. The van der Waals surface area contributed by atoms with Gasteiger partial charge >= 0.3 is 0 Å². The predicted octanol–water partition coefficient (Wildman–Crippen LogP) is 8.17. The second-order valence-corrected chi connectivity index (χ2v) is 11.1. The number of benzene rings is 1. The second kappa shape index (κ2) is 21.4. The third-order valence-electron chi connectivity index (χ3n) is 7.63. The van der Waals surface area contributed by atoms with Crippen LogP contribution in [0.3, 0.4) is 0 Å². The summed E-state index contributed by atoms with van der Waals surface area (Å²) in [7, 11) is 0. The Labute approximate surface area is 244 Å². The molecule has 1 aromatic heterocycles. The second-order valence-electron chi connectivity index (χ2n) is 11.1. The van der Waals surface area contributed by atoms with Crippen LogP contribution in [0.15, 0.2) is 48.9 Å². The van der Waals surface area contributed by atoms with Crippen molar-refractivity contribution in [3.63, 3.8) is 0 Å². The number of fused-ring (bicyclic) bond motifs is 1. The van der Waals surface area contributed by atoms with E-state index >= 15 is 0 Å². The number of nitrogens with zero attached hydrogens (tertiary/aromatic N) is 3. The van der Waals surface area contributed by atoms with Crippen LogP contribution in [-0.4, -0.2) is 67.6 Å². The number of ether oxygens (including phenoxy) is 3. The number of unbranched alkanes of at least 4 members (excludes halogenated alkanes) is 13. The quantitative estimate of drug-likeness (QED) is 0.116. The van der Waals surface area contributed by atoms with Crippen LogP contribution in [0, 0.1) is 0 Å². The Morgan fingerprint density at radius 3 is 1.90 bits per heavy atom. The summed E-state index contributed by atoms with van der Waals surface area (Å²) in [6.45, 7) is 8.31. The highest BCUT2D eigenvalue weighted by Crippen LogP contribution is 2.22. The molecule has 3 rings (SSSR count). The van der Waals surface area contributed by atoms with Crippen molar-refractivity contribution in [3.8, 4) is 5.75 Å². The highest BCUT2D eigenvalue weighted by atomic mass is 16.5. The van der Waals surface area contributed by atoms with Gasteiger partial charge in [-0.2, -0.15) is 0 Å². The van der Waals surface area contributed by atoms with Crippen molar-refractivity contribution >= 4 is 10.9 Å². The fourth-order valence-corrected chi connectivity index (χ4v) is 5.22. The van der Waals surface area contributed by atoms with Crippen LogP contribution < -0.4 is 4.74 Å². The van der Waals surface area contributed by atoms with E-state index in [1.165, 1.54) is 89.9 Å². The molecule has 0 fully saturated rings. The van der Waals surface area contributed by atoms with Gasteiger partial charge < -0.3 is 24.0 Å². The van der Waals surface area contributed by atoms with E-state index in [1.807, 2.05) is 30.3 Å². The zero-order chi connectivity index (χ0) is 27.9. The molecular formula is C34H55N3O3. The molecule has 40 heavy (non-hydrogen) atoms. The zero-order valence-corrected chi connectivity index (χ0v) is 25.2. The molecule has 1 aromatic carbocycles. The van der Waals surface area contributed by atoms with Gasteiger partial charge in [0, 0.05) is 37.1 Å². The Balaban J connectivity index is 1.05. The van der Waals surface area contributed by atoms with Gasteiger partial charge in [-0.05, 0) is 18.6 Å². The Hall–Kier alpha value is -2.31. The lowest BCUT2D eigenvalue weighted by Gasteiger charge is -2.21. The van der Waals surface area contributed by atoms with E-state index in [2.05, 4.69) is 34.1 Å². The fraction of sp³-hybridized carbons (Fsp3) is 0.676. The third kappa shape index (κ3) is 13.8. The molecule has 224 valence electrons. The normalized spacial score (nSPS) is 13.1. The first kappa shape index (κ1) is 32.2. The van der Waals surface area contributed by atoms with Crippen molar-refractivity contribution in [2.45, 2.75) is 96.8 Å². The monoisotopic (exact) mass is 553 g/mol. The highest BCUT2D eigenvalue weighted by molar-refractivity contribution is 5.84. The number of para-hydroxylation sites is 1. The van der Waals surface area contributed by atoms with E-state index < -0.39 is 0 Å². The topological polar surface area (TPSA) is 47.1 Å². The minimum atomic E-state index is 0.503. The van der Waals surface area contributed by atoms with Crippen molar-refractivity contribution in [1.82, 2.24) is 14.8 Å². The molecule has 2 heterocycles. The van der Waals surface area contributed by atoms with Gasteiger partial charge in [0.05, 0.1) is 33.1 Å². The number of hydrogen-bond acceptors (Lipinski definition) is 6. The summed E-state index contributed by atoms with van der Waals surface area (Å²) in [6.07, 6.45) is 26.0.